The SMILES string of the molecule is C[C@H]1CCNc2cccc(n2)S(=O)(=O)NC(=O)c2ccc(C(C)(C)C)nc2N2C[C@@H]1CC2(C)C. The number of rotatable bonds is 0. The van der Waals surface area contributed by atoms with Gasteiger partial charge in [0.25, 0.3) is 15.9 Å². The fraction of sp³-hybridized carbons (Fsp3) is 0.560. The van der Waals surface area contributed by atoms with Gasteiger partial charge in [-0.2, -0.15) is 8.42 Å². The Morgan fingerprint density at radius 3 is 2.56 bits per heavy atom. The second-order valence-electron chi connectivity index (χ2n) is 11.2. The lowest BCUT2D eigenvalue weighted by atomic mass is 9.86. The van der Waals surface area contributed by atoms with Crippen molar-refractivity contribution in [2.24, 2.45) is 11.8 Å². The van der Waals surface area contributed by atoms with E-state index in [9.17, 15) is 13.2 Å². The molecule has 4 bridgehead atoms. The van der Waals surface area contributed by atoms with E-state index < -0.39 is 15.9 Å². The third kappa shape index (κ3) is 4.76. The van der Waals surface area contributed by atoms with Crippen molar-refractivity contribution >= 4 is 27.6 Å². The summed E-state index contributed by atoms with van der Waals surface area (Å²) in [4.78, 5) is 24.7. The van der Waals surface area contributed by atoms with Crippen LogP contribution in [0, 0.1) is 11.8 Å². The molecule has 1 saturated heterocycles. The van der Waals surface area contributed by atoms with Crippen LogP contribution in [0.15, 0.2) is 35.4 Å². The summed E-state index contributed by atoms with van der Waals surface area (Å²) in [7, 11) is -4.16. The summed E-state index contributed by atoms with van der Waals surface area (Å²) >= 11 is 0. The Morgan fingerprint density at radius 2 is 1.85 bits per heavy atom. The number of amides is 1. The quantitative estimate of drug-likeness (QED) is 0.582. The minimum Gasteiger partial charge on any atom is -0.370 e. The largest absolute Gasteiger partial charge is 0.370 e. The van der Waals surface area contributed by atoms with E-state index in [1.165, 1.54) is 6.07 Å². The molecule has 0 saturated carbocycles. The smallest absolute Gasteiger partial charge is 0.281 e. The lowest BCUT2D eigenvalue weighted by Crippen LogP contribution is -2.41. The number of nitrogens with zero attached hydrogens (tertiary/aromatic N) is 3. The maximum Gasteiger partial charge on any atom is 0.281 e. The fourth-order valence-electron chi connectivity index (χ4n) is 4.86. The molecule has 4 rings (SSSR count). The molecule has 9 heteroatoms. The molecule has 2 aliphatic heterocycles. The number of carbonyl (C=O) groups is 1. The minimum atomic E-state index is -4.16. The Hall–Kier alpha value is -2.68. The second-order valence-corrected chi connectivity index (χ2v) is 12.8. The molecular weight excluding hydrogens is 450 g/mol. The van der Waals surface area contributed by atoms with Gasteiger partial charge in [-0.3, -0.25) is 4.79 Å². The van der Waals surface area contributed by atoms with E-state index in [2.05, 4.69) is 61.5 Å². The molecule has 2 aromatic rings. The number of anilines is 2. The Kier molecular flexibility index (Phi) is 6.12. The molecule has 8 nitrogen and oxygen atoms in total. The summed E-state index contributed by atoms with van der Waals surface area (Å²) < 4.78 is 28.3. The number of fused-ring (bicyclic) bond motifs is 6. The molecule has 1 fully saturated rings. The van der Waals surface area contributed by atoms with E-state index in [1.807, 2.05) is 6.07 Å². The van der Waals surface area contributed by atoms with E-state index in [4.69, 9.17) is 4.98 Å². The Labute approximate surface area is 202 Å². The highest BCUT2D eigenvalue weighted by atomic mass is 32.2. The molecule has 0 radical (unpaired) electrons. The number of sulfonamides is 1. The lowest BCUT2D eigenvalue weighted by molar-refractivity contribution is 0.0981. The first-order valence-corrected chi connectivity index (χ1v) is 13.3. The highest BCUT2D eigenvalue weighted by Gasteiger charge is 2.43. The van der Waals surface area contributed by atoms with Crippen molar-refractivity contribution in [3.63, 3.8) is 0 Å². The molecule has 2 aliphatic rings. The van der Waals surface area contributed by atoms with E-state index in [0.717, 1.165) is 25.1 Å². The van der Waals surface area contributed by atoms with Gasteiger partial charge >= 0.3 is 0 Å². The van der Waals surface area contributed by atoms with Crippen molar-refractivity contribution in [3.8, 4) is 0 Å². The minimum absolute atomic E-state index is 0.197. The predicted molar refractivity (Wildman–Crippen MR) is 134 cm³/mol. The van der Waals surface area contributed by atoms with Gasteiger partial charge in [-0.15, -0.1) is 0 Å². The molecule has 2 atom stereocenters. The van der Waals surface area contributed by atoms with E-state index in [1.54, 1.807) is 18.2 Å². The van der Waals surface area contributed by atoms with Crippen molar-refractivity contribution in [2.45, 2.75) is 70.4 Å². The number of hydrogen-bond donors (Lipinski definition) is 2. The van der Waals surface area contributed by atoms with Gasteiger partial charge in [0.1, 0.15) is 11.6 Å². The first-order valence-electron chi connectivity index (χ1n) is 11.9. The average molecular weight is 486 g/mol. The second kappa shape index (κ2) is 8.52. The van der Waals surface area contributed by atoms with Gasteiger partial charge < -0.3 is 10.2 Å². The fourth-order valence-corrected chi connectivity index (χ4v) is 5.79. The van der Waals surface area contributed by atoms with Gasteiger partial charge in [0.15, 0.2) is 5.03 Å². The molecule has 0 aliphatic carbocycles. The molecule has 1 amide bonds. The van der Waals surface area contributed by atoms with Crippen molar-refractivity contribution < 1.29 is 13.2 Å². The molecule has 4 heterocycles. The summed E-state index contributed by atoms with van der Waals surface area (Å²) in [6, 6.07) is 8.25. The summed E-state index contributed by atoms with van der Waals surface area (Å²) in [5, 5.41) is 3.04. The van der Waals surface area contributed by atoms with Crippen LogP contribution in [0.25, 0.3) is 0 Å². The molecule has 34 heavy (non-hydrogen) atoms. The maximum atomic E-state index is 13.4. The van der Waals surface area contributed by atoms with Crippen molar-refractivity contribution in [2.75, 3.05) is 23.3 Å². The van der Waals surface area contributed by atoms with Crippen LogP contribution in [-0.2, 0) is 15.4 Å². The normalized spacial score (nSPS) is 24.3. The Morgan fingerprint density at radius 1 is 1.12 bits per heavy atom. The van der Waals surface area contributed by atoms with Crippen molar-refractivity contribution in [1.82, 2.24) is 14.7 Å². The van der Waals surface area contributed by atoms with Crippen LogP contribution < -0.4 is 14.9 Å². The molecule has 2 aromatic heterocycles. The molecule has 0 spiro atoms. The van der Waals surface area contributed by atoms with E-state index in [0.29, 0.717) is 30.0 Å². The lowest BCUT2D eigenvalue weighted by Gasteiger charge is -2.34. The highest BCUT2D eigenvalue weighted by Crippen LogP contribution is 2.41. The standard InChI is InChI=1S/C25H35N5O3S/c1-16-12-13-26-20-8-7-9-21(28-20)34(32,33)29-23(31)18-10-11-19(24(2,3)4)27-22(18)30-15-17(16)14-25(30,5)6/h7-11,16-17H,12-15H2,1-6H3,(H,26,28)(H,29,31)/t16-,17-/m0/s1. The van der Waals surface area contributed by atoms with Crippen LogP contribution in [0.5, 0.6) is 0 Å². The molecular formula is C25H35N5O3S. The first kappa shape index (κ1) is 24.4. The molecule has 0 unspecified atom stereocenters. The Balaban J connectivity index is 1.86. The third-order valence-corrected chi connectivity index (χ3v) is 8.22. The van der Waals surface area contributed by atoms with Gasteiger partial charge in [-0.25, -0.2) is 14.7 Å². The summed E-state index contributed by atoms with van der Waals surface area (Å²) in [6.07, 6.45) is 1.88. The molecule has 2 N–H and O–H groups in total. The van der Waals surface area contributed by atoms with Gasteiger partial charge in [0.2, 0.25) is 0 Å². The average Bonchev–Trinajstić information content (AvgIpc) is 3.07. The van der Waals surface area contributed by atoms with Crippen LogP contribution in [0.3, 0.4) is 0 Å². The van der Waals surface area contributed by atoms with Gasteiger partial charge in [0.05, 0.1) is 5.56 Å². The van der Waals surface area contributed by atoms with Gasteiger partial charge in [-0.1, -0.05) is 33.8 Å². The molecule has 0 aromatic carbocycles. The number of nitrogens with one attached hydrogen (secondary N) is 2. The summed E-state index contributed by atoms with van der Waals surface area (Å²) in [5.74, 6) is 1.15. The third-order valence-electron chi connectivity index (χ3n) is 6.99. The maximum absolute atomic E-state index is 13.4. The number of carbonyl (C=O) groups excluding carboxylic acids is 1. The molecule has 184 valence electrons. The van der Waals surface area contributed by atoms with E-state index >= 15 is 0 Å². The Bertz CT molecular complexity index is 1200. The number of hydrogen-bond acceptors (Lipinski definition) is 7. The number of pyridine rings is 2. The van der Waals surface area contributed by atoms with Crippen LogP contribution >= 0.6 is 0 Å². The highest BCUT2D eigenvalue weighted by molar-refractivity contribution is 7.90. The monoisotopic (exact) mass is 485 g/mol. The summed E-state index contributed by atoms with van der Waals surface area (Å²) in [6.45, 7) is 14.3. The summed E-state index contributed by atoms with van der Waals surface area (Å²) in [5.41, 5.74) is 0.654. The van der Waals surface area contributed by atoms with Crippen LogP contribution in [0.1, 0.15) is 70.4 Å². The van der Waals surface area contributed by atoms with E-state index in [-0.39, 0.29) is 21.5 Å². The topological polar surface area (TPSA) is 104 Å². The van der Waals surface area contributed by atoms with Gasteiger partial charge in [-0.05, 0) is 62.8 Å². The van der Waals surface area contributed by atoms with Crippen LogP contribution in [0.2, 0.25) is 0 Å². The van der Waals surface area contributed by atoms with Gasteiger partial charge in [0, 0.05) is 29.7 Å². The van der Waals surface area contributed by atoms with Crippen molar-refractivity contribution in [1.29, 1.82) is 0 Å². The van der Waals surface area contributed by atoms with Crippen LogP contribution in [0.4, 0.5) is 11.6 Å². The van der Waals surface area contributed by atoms with Crippen LogP contribution in [-0.4, -0.2) is 42.9 Å². The number of aromatic nitrogens is 2. The van der Waals surface area contributed by atoms with Crippen molar-refractivity contribution in [3.05, 3.63) is 41.6 Å². The predicted octanol–water partition coefficient (Wildman–Crippen LogP) is 3.95. The zero-order chi connectivity index (χ0) is 24.9. The first-order chi connectivity index (χ1) is 15.8. The zero-order valence-corrected chi connectivity index (χ0v) is 21.7. The zero-order valence-electron chi connectivity index (χ0n) is 20.8.